The highest BCUT2D eigenvalue weighted by molar-refractivity contribution is 5.77. The van der Waals surface area contributed by atoms with Gasteiger partial charge in [0.2, 0.25) is 0 Å². The average molecular weight is 297 g/mol. The Labute approximate surface area is 131 Å². The number of nitrogens with zero attached hydrogens (tertiary/aromatic N) is 3. The first kappa shape index (κ1) is 15.8. The molecular weight excluding hydrogens is 274 g/mol. The quantitative estimate of drug-likeness (QED) is 0.630. The number of aromatic nitrogens is 1. The van der Waals surface area contributed by atoms with Gasteiger partial charge >= 0.3 is 0 Å². The molecule has 2 aromatic rings. The number of guanidine groups is 1. The van der Waals surface area contributed by atoms with Gasteiger partial charge in [0.25, 0.3) is 0 Å². The number of hydrogen-bond donors (Lipinski definition) is 2. The largest absolute Gasteiger partial charge is 0.378 e. The number of pyridine rings is 1. The Hall–Kier alpha value is -2.56. The minimum absolute atomic E-state index is 0.465. The van der Waals surface area contributed by atoms with Gasteiger partial charge in [-0.1, -0.05) is 18.2 Å². The maximum Gasteiger partial charge on any atom is 0.188 e. The van der Waals surface area contributed by atoms with Gasteiger partial charge in [0.1, 0.15) is 0 Å². The summed E-state index contributed by atoms with van der Waals surface area (Å²) in [5.74, 6) is 0.465. The molecule has 0 bridgehead atoms. The van der Waals surface area contributed by atoms with E-state index in [1.165, 1.54) is 5.69 Å². The van der Waals surface area contributed by atoms with E-state index in [1.54, 1.807) is 6.20 Å². The molecule has 1 heterocycles. The lowest BCUT2D eigenvalue weighted by atomic mass is 10.2. The highest BCUT2D eigenvalue weighted by atomic mass is 15.1. The first-order valence-corrected chi connectivity index (χ1v) is 7.35. The third-order valence-electron chi connectivity index (χ3n) is 3.30. The normalized spacial score (nSPS) is 11.3. The number of nitrogens with one attached hydrogen (secondary N) is 1. The van der Waals surface area contributed by atoms with E-state index in [4.69, 9.17) is 5.73 Å². The van der Waals surface area contributed by atoms with Crippen LogP contribution in [0.3, 0.4) is 0 Å². The van der Waals surface area contributed by atoms with E-state index in [9.17, 15) is 0 Å². The van der Waals surface area contributed by atoms with Crippen LogP contribution in [0.5, 0.6) is 0 Å². The van der Waals surface area contributed by atoms with E-state index in [2.05, 4.69) is 44.5 Å². The lowest BCUT2D eigenvalue weighted by Crippen LogP contribution is -2.33. The lowest BCUT2D eigenvalue weighted by molar-refractivity contribution is 0.827. The fraction of sp³-hybridized carbons (Fsp3) is 0.294. The van der Waals surface area contributed by atoms with Crippen molar-refractivity contribution in [2.75, 3.05) is 25.5 Å². The monoisotopic (exact) mass is 297 g/mol. The third-order valence-corrected chi connectivity index (χ3v) is 3.30. The zero-order chi connectivity index (χ0) is 15.8. The van der Waals surface area contributed by atoms with Crippen molar-refractivity contribution in [3.63, 3.8) is 0 Å². The van der Waals surface area contributed by atoms with Gasteiger partial charge in [-0.15, -0.1) is 0 Å². The zero-order valence-electron chi connectivity index (χ0n) is 13.2. The molecule has 0 aliphatic carbocycles. The molecule has 0 atom stereocenters. The Kier molecular flexibility index (Phi) is 5.77. The van der Waals surface area contributed by atoms with Crippen LogP contribution in [-0.2, 0) is 13.0 Å². The van der Waals surface area contributed by atoms with Crippen LogP contribution >= 0.6 is 0 Å². The number of hydrogen-bond acceptors (Lipinski definition) is 3. The molecule has 0 saturated carbocycles. The molecule has 2 rings (SSSR count). The van der Waals surface area contributed by atoms with Crippen LogP contribution in [0.4, 0.5) is 5.69 Å². The van der Waals surface area contributed by atoms with Gasteiger partial charge < -0.3 is 16.0 Å². The summed E-state index contributed by atoms with van der Waals surface area (Å²) in [6.45, 7) is 1.31. The fourth-order valence-corrected chi connectivity index (χ4v) is 2.00. The smallest absolute Gasteiger partial charge is 0.188 e. The number of rotatable bonds is 6. The van der Waals surface area contributed by atoms with Crippen molar-refractivity contribution in [2.24, 2.45) is 10.7 Å². The van der Waals surface area contributed by atoms with Crippen LogP contribution in [-0.4, -0.2) is 31.6 Å². The van der Waals surface area contributed by atoms with E-state index in [0.717, 1.165) is 24.2 Å². The van der Waals surface area contributed by atoms with Crippen LogP contribution < -0.4 is 16.0 Å². The summed E-state index contributed by atoms with van der Waals surface area (Å²) in [6, 6.07) is 14.2. The van der Waals surface area contributed by atoms with Gasteiger partial charge in [0, 0.05) is 44.6 Å². The molecule has 0 amide bonds. The average Bonchev–Trinajstić information content (AvgIpc) is 2.54. The fourth-order valence-electron chi connectivity index (χ4n) is 2.00. The third kappa shape index (κ3) is 5.09. The summed E-state index contributed by atoms with van der Waals surface area (Å²) in [4.78, 5) is 10.7. The Morgan fingerprint density at radius 1 is 1.18 bits per heavy atom. The van der Waals surface area contributed by atoms with E-state index >= 15 is 0 Å². The number of nitrogens with two attached hydrogens (primary N) is 1. The van der Waals surface area contributed by atoms with Gasteiger partial charge in [-0.2, -0.15) is 0 Å². The van der Waals surface area contributed by atoms with Crippen LogP contribution in [0.1, 0.15) is 11.3 Å². The maximum absolute atomic E-state index is 5.87. The summed E-state index contributed by atoms with van der Waals surface area (Å²) in [6.07, 6.45) is 2.62. The Morgan fingerprint density at radius 3 is 2.59 bits per heavy atom. The molecule has 5 heteroatoms. The number of benzene rings is 1. The van der Waals surface area contributed by atoms with E-state index in [1.807, 2.05) is 32.3 Å². The summed E-state index contributed by atoms with van der Waals surface area (Å²) < 4.78 is 0. The molecule has 1 aromatic carbocycles. The van der Waals surface area contributed by atoms with Crippen LogP contribution in [0, 0.1) is 0 Å². The molecule has 0 radical (unpaired) electrons. The molecule has 22 heavy (non-hydrogen) atoms. The molecule has 5 nitrogen and oxygen atoms in total. The van der Waals surface area contributed by atoms with Crippen LogP contribution in [0.2, 0.25) is 0 Å². The van der Waals surface area contributed by atoms with Crippen LogP contribution in [0.25, 0.3) is 0 Å². The second-order valence-electron chi connectivity index (χ2n) is 5.26. The molecule has 0 saturated heterocycles. The minimum Gasteiger partial charge on any atom is -0.378 e. The van der Waals surface area contributed by atoms with Crippen molar-refractivity contribution >= 4 is 11.6 Å². The summed E-state index contributed by atoms with van der Waals surface area (Å²) in [5, 5.41) is 3.11. The van der Waals surface area contributed by atoms with Crippen molar-refractivity contribution in [2.45, 2.75) is 13.0 Å². The Morgan fingerprint density at radius 2 is 1.95 bits per heavy atom. The predicted octanol–water partition coefficient (Wildman–Crippen LogP) is 1.79. The zero-order valence-corrected chi connectivity index (χ0v) is 13.2. The molecule has 1 aromatic heterocycles. The van der Waals surface area contributed by atoms with Crippen molar-refractivity contribution in [1.82, 2.24) is 10.3 Å². The molecule has 0 aliphatic heterocycles. The van der Waals surface area contributed by atoms with Crippen molar-refractivity contribution in [1.29, 1.82) is 0 Å². The number of anilines is 1. The minimum atomic E-state index is 0.465. The van der Waals surface area contributed by atoms with Gasteiger partial charge in [0.05, 0.1) is 6.54 Å². The van der Waals surface area contributed by atoms with E-state index in [-0.39, 0.29) is 0 Å². The molecule has 0 spiro atoms. The number of aliphatic imine (C=N–C) groups is 1. The standard InChI is InChI=1S/C17H23N5/c1-22(2)16-8-6-14(7-9-16)13-21-17(18)20-12-10-15-5-3-4-11-19-15/h3-9,11H,10,12-13H2,1-2H3,(H3,18,20,21). The SMILES string of the molecule is CN(C)c1ccc(CN=C(N)NCCc2ccccn2)cc1. The topological polar surface area (TPSA) is 66.5 Å². The van der Waals surface area contributed by atoms with Gasteiger partial charge in [-0.25, -0.2) is 4.99 Å². The van der Waals surface area contributed by atoms with Gasteiger partial charge in [-0.3, -0.25) is 4.98 Å². The Bertz CT molecular complexity index is 590. The van der Waals surface area contributed by atoms with Crippen molar-refractivity contribution < 1.29 is 0 Å². The predicted molar refractivity (Wildman–Crippen MR) is 92.0 cm³/mol. The molecule has 3 N–H and O–H groups in total. The maximum atomic E-state index is 5.87. The van der Waals surface area contributed by atoms with Crippen molar-refractivity contribution in [3.05, 3.63) is 59.9 Å². The van der Waals surface area contributed by atoms with E-state index in [0.29, 0.717) is 12.5 Å². The summed E-state index contributed by atoms with van der Waals surface area (Å²) >= 11 is 0. The molecule has 0 unspecified atom stereocenters. The lowest BCUT2D eigenvalue weighted by Gasteiger charge is -2.12. The van der Waals surface area contributed by atoms with E-state index < -0.39 is 0 Å². The second kappa shape index (κ2) is 8.02. The highest BCUT2D eigenvalue weighted by Crippen LogP contribution is 2.12. The second-order valence-corrected chi connectivity index (χ2v) is 5.26. The highest BCUT2D eigenvalue weighted by Gasteiger charge is 1.97. The first-order valence-electron chi connectivity index (χ1n) is 7.35. The summed E-state index contributed by atoms with van der Waals surface area (Å²) in [7, 11) is 4.05. The van der Waals surface area contributed by atoms with Crippen molar-refractivity contribution in [3.8, 4) is 0 Å². The first-order chi connectivity index (χ1) is 10.6. The molecule has 0 fully saturated rings. The molecule has 0 aliphatic rings. The van der Waals surface area contributed by atoms with Gasteiger partial charge in [0.15, 0.2) is 5.96 Å². The molecular formula is C17H23N5. The Balaban J connectivity index is 1.77. The van der Waals surface area contributed by atoms with Crippen LogP contribution in [0.15, 0.2) is 53.7 Å². The summed E-state index contributed by atoms with van der Waals surface area (Å²) in [5.41, 5.74) is 9.23. The van der Waals surface area contributed by atoms with Gasteiger partial charge in [-0.05, 0) is 29.8 Å². The molecule has 116 valence electrons.